The van der Waals surface area contributed by atoms with Crippen LogP contribution in [0.2, 0.25) is 0 Å². The first-order valence-corrected chi connectivity index (χ1v) is 6.13. The van der Waals surface area contributed by atoms with Crippen LogP contribution in [0.25, 0.3) is 0 Å². The zero-order chi connectivity index (χ0) is 10.6. The maximum absolute atomic E-state index is 5.94. The average Bonchev–Trinajstić information content (AvgIpc) is 2.15. The van der Waals surface area contributed by atoms with E-state index in [0.717, 1.165) is 19.0 Å². The van der Waals surface area contributed by atoms with Crippen LogP contribution in [0.5, 0.6) is 0 Å². The summed E-state index contributed by atoms with van der Waals surface area (Å²) in [7, 11) is 0. The number of likely N-dealkylation sites (N-methyl/N-ethyl adjacent to an activating group) is 1. The van der Waals surface area contributed by atoms with Gasteiger partial charge in [0.1, 0.15) is 0 Å². The van der Waals surface area contributed by atoms with Gasteiger partial charge >= 0.3 is 0 Å². The van der Waals surface area contributed by atoms with Crippen LogP contribution in [0, 0.1) is 5.92 Å². The smallest absolute Gasteiger partial charge is 0.0336 e. The van der Waals surface area contributed by atoms with Crippen LogP contribution >= 0.6 is 0 Å². The van der Waals surface area contributed by atoms with Gasteiger partial charge in [-0.25, -0.2) is 0 Å². The van der Waals surface area contributed by atoms with Crippen molar-refractivity contribution in [3.8, 4) is 0 Å². The number of hydrogen-bond acceptors (Lipinski definition) is 2. The molecule has 0 spiro atoms. The molecular formula is C12H26N2. The van der Waals surface area contributed by atoms with Crippen molar-refractivity contribution in [2.75, 3.05) is 19.6 Å². The summed E-state index contributed by atoms with van der Waals surface area (Å²) in [6.45, 7) is 10.1. The molecule has 2 heteroatoms. The predicted octanol–water partition coefficient (Wildman–Crippen LogP) is 2.24. The number of nitrogens with zero attached hydrogens (tertiary/aromatic N) is 1. The molecule has 1 saturated carbocycles. The lowest BCUT2D eigenvalue weighted by Gasteiger charge is -2.53. The SMILES string of the molecule is CCCCN(CC)C1(CN)CC(C)C1. The monoisotopic (exact) mass is 198 g/mol. The Morgan fingerprint density at radius 1 is 1.36 bits per heavy atom. The molecule has 1 aliphatic carbocycles. The van der Waals surface area contributed by atoms with Crippen molar-refractivity contribution in [3.63, 3.8) is 0 Å². The van der Waals surface area contributed by atoms with Gasteiger partial charge < -0.3 is 5.73 Å². The molecule has 0 bridgehead atoms. The predicted molar refractivity (Wildman–Crippen MR) is 62.3 cm³/mol. The number of unbranched alkanes of at least 4 members (excludes halogenated alkanes) is 1. The van der Waals surface area contributed by atoms with Crippen LogP contribution in [0.1, 0.15) is 46.5 Å². The molecule has 2 nitrogen and oxygen atoms in total. The third kappa shape index (κ3) is 2.29. The van der Waals surface area contributed by atoms with Crippen molar-refractivity contribution in [1.29, 1.82) is 0 Å². The molecule has 84 valence electrons. The van der Waals surface area contributed by atoms with Gasteiger partial charge in [0.2, 0.25) is 0 Å². The largest absolute Gasteiger partial charge is 0.329 e. The molecule has 1 fully saturated rings. The first-order chi connectivity index (χ1) is 6.68. The summed E-state index contributed by atoms with van der Waals surface area (Å²) in [5.74, 6) is 0.884. The van der Waals surface area contributed by atoms with Gasteiger partial charge in [-0.2, -0.15) is 0 Å². The average molecular weight is 198 g/mol. The highest BCUT2D eigenvalue weighted by molar-refractivity contribution is 5.01. The summed E-state index contributed by atoms with van der Waals surface area (Å²) in [4.78, 5) is 2.61. The maximum Gasteiger partial charge on any atom is 0.0336 e. The molecule has 1 rings (SSSR count). The lowest BCUT2D eigenvalue weighted by atomic mass is 9.68. The fourth-order valence-corrected chi connectivity index (χ4v) is 2.87. The van der Waals surface area contributed by atoms with Crippen LogP contribution in [0.3, 0.4) is 0 Å². The van der Waals surface area contributed by atoms with E-state index in [9.17, 15) is 0 Å². The minimum absolute atomic E-state index is 0.364. The van der Waals surface area contributed by atoms with Crippen LogP contribution in [0.15, 0.2) is 0 Å². The molecule has 0 aromatic heterocycles. The molecule has 0 atom stereocenters. The zero-order valence-corrected chi connectivity index (χ0v) is 10.1. The molecule has 0 heterocycles. The Morgan fingerprint density at radius 3 is 2.36 bits per heavy atom. The molecule has 0 aliphatic heterocycles. The summed E-state index contributed by atoms with van der Waals surface area (Å²) >= 11 is 0. The molecular weight excluding hydrogens is 172 g/mol. The number of rotatable bonds is 6. The summed E-state index contributed by atoms with van der Waals surface area (Å²) in [6, 6.07) is 0. The molecule has 2 N–H and O–H groups in total. The lowest BCUT2D eigenvalue weighted by molar-refractivity contribution is -0.0101. The second-order valence-corrected chi connectivity index (χ2v) is 4.88. The van der Waals surface area contributed by atoms with Gasteiger partial charge in [0.05, 0.1) is 0 Å². The topological polar surface area (TPSA) is 29.3 Å². The third-order valence-corrected chi connectivity index (χ3v) is 3.67. The van der Waals surface area contributed by atoms with Gasteiger partial charge in [-0.3, -0.25) is 4.90 Å². The van der Waals surface area contributed by atoms with E-state index in [0.29, 0.717) is 5.54 Å². The molecule has 0 aromatic rings. The van der Waals surface area contributed by atoms with Gasteiger partial charge in [-0.1, -0.05) is 27.2 Å². The van der Waals surface area contributed by atoms with Crippen molar-refractivity contribution in [2.24, 2.45) is 11.7 Å². The van der Waals surface area contributed by atoms with Gasteiger partial charge in [0, 0.05) is 12.1 Å². The van der Waals surface area contributed by atoms with E-state index < -0.39 is 0 Å². The van der Waals surface area contributed by atoms with Crippen LogP contribution in [-0.2, 0) is 0 Å². The minimum atomic E-state index is 0.364. The Balaban J connectivity index is 2.48. The van der Waals surface area contributed by atoms with Crippen LogP contribution in [0.4, 0.5) is 0 Å². The van der Waals surface area contributed by atoms with Crippen LogP contribution in [-0.4, -0.2) is 30.1 Å². The normalized spacial score (nSPS) is 31.9. The molecule has 0 amide bonds. The summed E-state index contributed by atoms with van der Waals surface area (Å²) in [6.07, 6.45) is 5.21. The quantitative estimate of drug-likeness (QED) is 0.709. The van der Waals surface area contributed by atoms with Crippen molar-refractivity contribution in [2.45, 2.75) is 52.0 Å². The highest BCUT2D eigenvalue weighted by Gasteiger charge is 2.44. The minimum Gasteiger partial charge on any atom is -0.329 e. The number of hydrogen-bond donors (Lipinski definition) is 1. The first kappa shape index (κ1) is 12.0. The second kappa shape index (κ2) is 5.13. The highest BCUT2D eigenvalue weighted by Crippen LogP contribution is 2.41. The maximum atomic E-state index is 5.94. The van der Waals surface area contributed by atoms with Crippen molar-refractivity contribution < 1.29 is 0 Å². The molecule has 1 aliphatic rings. The van der Waals surface area contributed by atoms with E-state index in [-0.39, 0.29) is 0 Å². The Hall–Kier alpha value is -0.0800. The highest BCUT2D eigenvalue weighted by atomic mass is 15.2. The summed E-state index contributed by atoms with van der Waals surface area (Å²) in [5.41, 5.74) is 6.30. The van der Waals surface area contributed by atoms with E-state index in [1.165, 1.54) is 32.2 Å². The van der Waals surface area contributed by atoms with Gasteiger partial charge in [0.15, 0.2) is 0 Å². The van der Waals surface area contributed by atoms with Crippen molar-refractivity contribution in [1.82, 2.24) is 4.90 Å². The van der Waals surface area contributed by atoms with Gasteiger partial charge in [-0.05, 0) is 38.3 Å². The van der Waals surface area contributed by atoms with Crippen LogP contribution < -0.4 is 5.73 Å². The summed E-state index contributed by atoms with van der Waals surface area (Å²) < 4.78 is 0. The summed E-state index contributed by atoms with van der Waals surface area (Å²) in [5, 5.41) is 0. The van der Waals surface area contributed by atoms with E-state index in [2.05, 4.69) is 25.7 Å². The molecule has 0 radical (unpaired) electrons. The Labute approximate surface area is 88.8 Å². The van der Waals surface area contributed by atoms with E-state index in [4.69, 9.17) is 5.73 Å². The lowest BCUT2D eigenvalue weighted by Crippen LogP contribution is -2.61. The molecule has 0 unspecified atom stereocenters. The Morgan fingerprint density at radius 2 is 2.00 bits per heavy atom. The van der Waals surface area contributed by atoms with Gasteiger partial charge in [-0.15, -0.1) is 0 Å². The van der Waals surface area contributed by atoms with Crippen molar-refractivity contribution >= 4 is 0 Å². The standard InChI is InChI=1S/C12H26N2/c1-4-6-7-14(5-2)12(10-13)8-11(3)9-12/h11H,4-10,13H2,1-3H3. The first-order valence-electron chi connectivity index (χ1n) is 6.13. The molecule has 14 heavy (non-hydrogen) atoms. The van der Waals surface area contributed by atoms with E-state index in [1.807, 2.05) is 0 Å². The second-order valence-electron chi connectivity index (χ2n) is 4.88. The Kier molecular flexibility index (Phi) is 4.39. The third-order valence-electron chi connectivity index (χ3n) is 3.67. The van der Waals surface area contributed by atoms with Crippen molar-refractivity contribution in [3.05, 3.63) is 0 Å². The van der Waals surface area contributed by atoms with E-state index in [1.54, 1.807) is 0 Å². The van der Waals surface area contributed by atoms with Gasteiger partial charge in [0.25, 0.3) is 0 Å². The molecule has 0 saturated heterocycles. The molecule has 0 aromatic carbocycles. The fraction of sp³-hybridized carbons (Fsp3) is 1.00. The Bertz CT molecular complexity index is 162. The fourth-order valence-electron chi connectivity index (χ4n) is 2.87. The van der Waals surface area contributed by atoms with E-state index >= 15 is 0 Å². The zero-order valence-electron chi connectivity index (χ0n) is 10.1. The number of nitrogens with two attached hydrogens (primary N) is 1.